The SMILES string of the molecule is CCN=C1S/C(=C/c2ccc(O)c(OC)c2)C(=O)N1C1CCCCCC1. The molecule has 0 atom stereocenters. The third kappa shape index (κ3) is 4.06. The van der Waals surface area contributed by atoms with E-state index in [-0.39, 0.29) is 17.7 Å². The predicted octanol–water partition coefficient (Wildman–Crippen LogP) is 4.42. The van der Waals surface area contributed by atoms with Gasteiger partial charge in [0, 0.05) is 12.6 Å². The van der Waals surface area contributed by atoms with Gasteiger partial charge in [0.05, 0.1) is 12.0 Å². The van der Waals surface area contributed by atoms with Crippen LogP contribution in [0.3, 0.4) is 0 Å². The number of phenols is 1. The van der Waals surface area contributed by atoms with Gasteiger partial charge in [-0.2, -0.15) is 0 Å². The molecule has 1 aliphatic carbocycles. The zero-order valence-corrected chi connectivity index (χ0v) is 16.2. The van der Waals surface area contributed by atoms with Gasteiger partial charge in [0.2, 0.25) is 0 Å². The van der Waals surface area contributed by atoms with Gasteiger partial charge in [-0.05, 0) is 55.3 Å². The Labute approximate surface area is 159 Å². The van der Waals surface area contributed by atoms with Crippen molar-refractivity contribution in [3.8, 4) is 11.5 Å². The summed E-state index contributed by atoms with van der Waals surface area (Å²) in [5, 5.41) is 10.6. The van der Waals surface area contributed by atoms with Crippen molar-refractivity contribution < 1.29 is 14.6 Å². The van der Waals surface area contributed by atoms with Crippen LogP contribution in [0, 0.1) is 0 Å². The third-order valence-electron chi connectivity index (χ3n) is 4.82. The molecule has 0 unspecified atom stereocenters. The van der Waals surface area contributed by atoms with Gasteiger partial charge in [0.1, 0.15) is 0 Å². The van der Waals surface area contributed by atoms with Gasteiger partial charge in [-0.1, -0.05) is 31.7 Å². The number of thioether (sulfide) groups is 1. The van der Waals surface area contributed by atoms with E-state index in [2.05, 4.69) is 4.99 Å². The van der Waals surface area contributed by atoms with Crippen LogP contribution in [-0.2, 0) is 4.79 Å². The van der Waals surface area contributed by atoms with Crippen LogP contribution < -0.4 is 4.74 Å². The largest absolute Gasteiger partial charge is 0.504 e. The number of rotatable bonds is 4. The lowest BCUT2D eigenvalue weighted by Crippen LogP contribution is -2.39. The zero-order valence-electron chi connectivity index (χ0n) is 15.4. The van der Waals surface area contributed by atoms with Crippen LogP contribution in [0.1, 0.15) is 51.0 Å². The summed E-state index contributed by atoms with van der Waals surface area (Å²) in [7, 11) is 1.52. The van der Waals surface area contributed by atoms with E-state index < -0.39 is 0 Å². The number of phenolic OH excluding ortho intramolecular Hbond substituents is 1. The molecule has 1 aromatic carbocycles. The third-order valence-corrected chi connectivity index (χ3v) is 5.84. The number of carbonyl (C=O) groups excluding carboxylic acids is 1. The summed E-state index contributed by atoms with van der Waals surface area (Å²) in [5.41, 5.74) is 0.828. The number of ether oxygens (including phenoxy) is 1. The number of hydrogen-bond donors (Lipinski definition) is 1. The summed E-state index contributed by atoms with van der Waals surface area (Å²) in [6.45, 7) is 2.66. The van der Waals surface area contributed by atoms with Crippen molar-refractivity contribution in [2.24, 2.45) is 4.99 Å². The van der Waals surface area contributed by atoms with Crippen LogP contribution >= 0.6 is 11.8 Å². The summed E-state index contributed by atoms with van der Waals surface area (Å²) in [6, 6.07) is 5.35. The van der Waals surface area contributed by atoms with E-state index in [1.807, 2.05) is 17.9 Å². The average molecular weight is 375 g/mol. The first kappa shape index (κ1) is 18.8. The van der Waals surface area contributed by atoms with Crippen molar-refractivity contribution in [2.75, 3.05) is 13.7 Å². The second-order valence-corrected chi connectivity index (χ2v) is 7.63. The average Bonchev–Trinajstić information content (AvgIpc) is 2.82. The molecule has 1 heterocycles. The second-order valence-electron chi connectivity index (χ2n) is 6.62. The highest BCUT2D eigenvalue weighted by atomic mass is 32.2. The van der Waals surface area contributed by atoms with Gasteiger partial charge in [-0.15, -0.1) is 0 Å². The lowest BCUT2D eigenvalue weighted by Gasteiger charge is -2.26. The Morgan fingerprint density at radius 2 is 2.04 bits per heavy atom. The number of benzene rings is 1. The zero-order chi connectivity index (χ0) is 18.5. The molecule has 2 aliphatic rings. The molecule has 6 heteroatoms. The molecule has 3 rings (SSSR count). The molecule has 1 aromatic rings. The van der Waals surface area contributed by atoms with Crippen molar-refractivity contribution in [1.82, 2.24) is 4.90 Å². The van der Waals surface area contributed by atoms with Gasteiger partial charge in [0.25, 0.3) is 5.91 Å². The molecule has 1 saturated heterocycles. The van der Waals surface area contributed by atoms with Crippen LogP contribution in [-0.4, -0.2) is 40.8 Å². The molecule has 0 bridgehead atoms. The summed E-state index contributed by atoms with van der Waals surface area (Å²) >= 11 is 1.45. The van der Waals surface area contributed by atoms with Gasteiger partial charge in [0.15, 0.2) is 16.7 Å². The van der Waals surface area contributed by atoms with Crippen LogP contribution in [0.2, 0.25) is 0 Å². The molecule has 0 radical (unpaired) electrons. The van der Waals surface area contributed by atoms with E-state index in [1.54, 1.807) is 18.2 Å². The fourth-order valence-corrected chi connectivity index (χ4v) is 4.61. The van der Waals surface area contributed by atoms with E-state index >= 15 is 0 Å². The molecule has 26 heavy (non-hydrogen) atoms. The maximum Gasteiger partial charge on any atom is 0.266 e. The molecule has 0 spiro atoms. The second kappa shape index (κ2) is 8.62. The minimum Gasteiger partial charge on any atom is -0.504 e. The first-order valence-corrected chi connectivity index (χ1v) is 10.1. The summed E-state index contributed by atoms with van der Waals surface area (Å²) < 4.78 is 5.16. The Kier molecular flexibility index (Phi) is 6.25. The monoisotopic (exact) mass is 374 g/mol. The molecule has 5 nitrogen and oxygen atoms in total. The minimum atomic E-state index is 0.0427. The number of amidine groups is 1. The summed E-state index contributed by atoms with van der Waals surface area (Å²) in [5.74, 6) is 0.535. The fourth-order valence-electron chi connectivity index (χ4n) is 3.51. The highest BCUT2D eigenvalue weighted by Gasteiger charge is 2.38. The Bertz CT molecular complexity index is 722. The molecule has 1 aliphatic heterocycles. The Balaban J connectivity index is 1.89. The van der Waals surface area contributed by atoms with Crippen LogP contribution in [0.15, 0.2) is 28.1 Å². The molecule has 1 N–H and O–H groups in total. The van der Waals surface area contributed by atoms with Crippen LogP contribution in [0.25, 0.3) is 6.08 Å². The van der Waals surface area contributed by atoms with Crippen molar-refractivity contribution in [3.63, 3.8) is 0 Å². The highest BCUT2D eigenvalue weighted by molar-refractivity contribution is 8.18. The van der Waals surface area contributed by atoms with Crippen LogP contribution in [0.4, 0.5) is 0 Å². The number of methoxy groups -OCH3 is 1. The molecule has 1 saturated carbocycles. The van der Waals surface area contributed by atoms with E-state index in [4.69, 9.17) is 4.74 Å². The molecular weight excluding hydrogens is 348 g/mol. The molecule has 1 amide bonds. The van der Waals surface area contributed by atoms with Crippen molar-refractivity contribution in [1.29, 1.82) is 0 Å². The highest BCUT2D eigenvalue weighted by Crippen LogP contribution is 2.37. The van der Waals surface area contributed by atoms with E-state index in [9.17, 15) is 9.90 Å². The Hall–Kier alpha value is -1.95. The number of carbonyl (C=O) groups is 1. The number of amides is 1. The van der Waals surface area contributed by atoms with Crippen LogP contribution in [0.5, 0.6) is 11.5 Å². The molecule has 0 aromatic heterocycles. The normalized spacial score (nSPS) is 22.2. The maximum absolute atomic E-state index is 13.1. The Morgan fingerprint density at radius 1 is 1.31 bits per heavy atom. The van der Waals surface area contributed by atoms with Gasteiger partial charge in [-0.3, -0.25) is 14.7 Å². The van der Waals surface area contributed by atoms with Crippen molar-refractivity contribution in [3.05, 3.63) is 28.7 Å². The molecule has 2 fully saturated rings. The number of aromatic hydroxyl groups is 1. The summed E-state index contributed by atoms with van der Waals surface area (Å²) in [6.07, 6.45) is 8.81. The first-order chi connectivity index (χ1) is 12.6. The lowest BCUT2D eigenvalue weighted by molar-refractivity contribution is -0.123. The Morgan fingerprint density at radius 3 is 2.69 bits per heavy atom. The minimum absolute atomic E-state index is 0.0427. The number of nitrogens with zero attached hydrogens (tertiary/aromatic N) is 2. The van der Waals surface area contributed by atoms with Gasteiger partial charge >= 0.3 is 0 Å². The smallest absolute Gasteiger partial charge is 0.266 e. The fraction of sp³-hybridized carbons (Fsp3) is 0.500. The number of aliphatic imine (C=N–C) groups is 1. The van der Waals surface area contributed by atoms with Gasteiger partial charge in [-0.25, -0.2) is 0 Å². The van der Waals surface area contributed by atoms with E-state index in [0.29, 0.717) is 17.2 Å². The number of hydrogen-bond acceptors (Lipinski definition) is 5. The predicted molar refractivity (Wildman–Crippen MR) is 107 cm³/mol. The lowest BCUT2D eigenvalue weighted by atomic mass is 10.1. The maximum atomic E-state index is 13.1. The van der Waals surface area contributed by atoms with E-state index in [0.717, 1.165) is 23.6 Å². The quantitative estimate of drug-likeness (QED) is 0.626. The van der Waals surface area contributed by atoms with Crippen molar-refractivity contribution >= 4 is 28.9 Å². The topological polar surface area (TPSA) is 62.1 Å². The van der Waals surface area contributed by atoms with E-state index in [1.165, 1.54) is 44.6 Å². The molecular formula is C20H26N2O3S. The molecule has 140 valence electrons. The first-order valence-electron chi connectivity index (χ1n) is 9.28. The standard InChI is InChI=1S/C20H26N2O3S/c1-3-21-20-22(15-8-6-4-5-7-9-15)19(24)18(26-20)13-14-10-11-16(23)17(12-14)25-2/h10-13,15,23H,3-9H2,1-2H3/b18-13+,21-20?. The summed E-state index contributed by atoms with van der Waals surface area (Å²) in [4.78, 5) is 20.3. The van der Waals surface area contributed by atoms with Gasteiger partial charge < -0.3 is 9.84 Å². The van der Waals surface area contributed by atoms with Crippen molar-refractivity contribution in [2.45, 2.75) is 51.5 Å².